The first-order chi connectivity index (χ1) is 20.0. The molecular weight excluding hydrogens is 558 g/mol. The van der Waals surface area contributed by atoms with E-state index in [9.17, 15) is 0 Å². The fourth-order valence-electron chi connectivity index (χ4n) is 5.85. The third-order valence-electron chi connectivity index (χ3n) is 8.19. The highest BCUT2D eigenvalue weighted by atomic mass is 31.1. The molecule has 0 aliphatic carbocycles. The van der Waals surface area contributed by atoms with Crippen molar-refractivity contribution in [3.63, 3.8) is 0 Å². The van der Waals surface area contributed by atoms with E-state index in [0.29, 0.717) is 0 Å². The van der Waals surface area contributed by atoms with Crippen LogP contribution in [0.15, 0.2) is 72.8 Å². The number of rotatable bonds is 5. The van der Waals surface area contributed by atoms with E-state index < -0.39 is 15.8 Å². The van der Waals surface area contributed by atoms with Crippen LogP contribution in [-0.2, 0) is 0 Å². The van der Waals surface area contributed by atoms with Crippen LogP contribution in [0.3, 0.4) is 0 Å². The molecule has 6 rings (SSSR count). The van der Waals surface area contributed by atoms with Gasteiger partial charge in [-0.3, -0.25) is 0 Å². The maximum Gasteiger partial charge on any atom is 0.136 e. The average Bonchev–Trinajstić information content (AvgIpc) is 3.63. The van der Waals surface area contributed by atoms with Crippen LogP contribution >= 0.6 is 15.8 Å². The Morgan fingerprint density at radius 3 is 1.14 bits per heavy atom. The highest BCUT2D eigenvalue weighted by Crippen LogP contribution is 2.61. The van der Waals surface area contributed by atoms with Gasteiger partial charge in [0, 0.05) is 21.7 Å². The quantitative estimate of drug-likeness (QED) is 0.215. The second-order valence-electron chi connectivity index (χ2n) is 12.9. The molecule has 42 heavy (non-hydrogen) atoms. The Hall–Kier alpha value is -3.06. The van der Waals surface area contributed by atoms with E-state index >= 15 is 0 Å². The molecule has 0 amide bonds. The molecule has 4 aromatic carbocycles. The van der Waals surface area contributed by atoms with Crippen LogP contribution in [0.5, 0.6) is 23.0 Å². The summed E-state index contributed by atoms with van der Waals surface area (Å²) in [7, 11) is 2.28. The van der Waals surface area contributed by atoms with Gasteiger partial charge in [0.05, 0.1) is 14.2 Å². The zero-order valence-corrected chi connectivity index (χ0v) is 27.7. The minimum atomic E-state index is -0.563. The summed E-state index contributed by atoms with van der Waals surface area (Å²) in [4.78, 5) is 0. The topological polar surface area (TPSA) is 36.9 Å². The van der Waals surface area contributed by atoms with Gasteiger partial charge in [-0.15, -0.1) is 0 Å². The predicted octanol–water partition coefficient (Wildman–Crippen LogP) is 9.22. The number of methoxy groups -OCH3 is 2. The van der Waals surface area contributed by atoms with Gasteiger partial charge in [-0.2, -0.15) is 0 Å². The van der Waals surface area contributed by atoms with E-state index in [0.717, 1.165) is 57.9 Å². The first-order valence-corrected chi connectivity index (χ1v) is 17.5. The lowest BCUT2D eigenvalue weighted by Crippen LogP contribution is -2.22. The Morgan fingerprint density at radius 2 is 0.833 bits per heavy atom. The normalized spacial score (nSPS) is 17.7. The molecule has 0 spiro atoms. The summed E-state index contributed by atoms with van der Waals surface area (Å²) in [6.45, 7) is 14.1. The summed E-state index contributed by atoms with van der Waals surface area (Å²) in [6, 6.07) is 25.8. The van der Waals surface area contributed by atoms with Gasteiger partial charge in [0.25, 0.3) is 0 Å². The van der Waals surface area contributed by atoms with E-state index in [1.165, 1.54) is 21.7 Å². The largest absolute Gasteiger partial charge is 0.497 e. The van der Waals surface area contributed by atoms with Crippen LogP contribution in [0.25, 0.3) is 33.4 Å². The van der Waals surface area contributed by atoms with E-state index in [4.69, 9.17) is 18.9 Å². The Bertz CT molecular complexity index is 1490. The maximum absolute atomic E-state index is 6.63. The average molecular weight is 599 g/mol. The Kier molecular flexibility index (Phi) is 7.53. The molecule has 2 aliphatic rings. The van der Waals surface area contributed by atoms with Crippen molar-refractivity contribution in [1.82, 2.24) is 0 Å². The second-order valence-corrected chi connectivity index (χ2v) is 18.7. The minimum absolute atomic E-state index is 0.103. The van der Waals surface area contributed by atoms with E-state index in [1.807, 2.05) is 24.3 Å². The SMILES string of the molecule is COc1ccc(-c2ccc(-c3ccc(-c4ccc(OC)cc4)c4c3[P@@](C(C)(C)C)CO4)c3c2OC[P@]3C(C)(C)C)cc1. The fourth-order valence-corrected chi connectivity index (χ4v) is 10.6. The van der Waals surface area contributed by atoms with Crippen molar-refractivity contribution in [2.24, 2.45) is 0 Å². The van der Waals surface area contributed by atoms with Crippen molar-refractivity contribution in [3.8, 4) is 56.4 Å². The van der Waals surface area contributed by atoms with Crippen molar-refractivity contribution >= 4 is 26.5 Å². The summed E-state index contributed by atoms with van der Waals surface area (Å²) < 4.78 is 24.1. The molecule has 218 valence electrons. The van der Waals surface area contributed by atoms with Gasteiger partial charge in [-0.05, 0) is 84.8 Å². The van der Waals surface area contributed by atoms with Gasteiger partial charge in [0.2, 0.25) is 0 Å². The van der Waals surface area contributed by atoms with E-state index in [1.54, 1.807) is 14.2 Å². The lowest BCUT2D eigenvalue weighted by Gasteiger charge is -2.30. The summed E-state index contributed by atoms with van der Waals surface area (Å²) in [6.07, 6.45) is 1.48. The lowest BCUT2D eigenvalue weighted by molar-refractivity contribution is 0.401. The van der Waals surface area contributed by atoms with Crippen molar-refractivity contribution < 1.29 is 18.9 Å². The Balaban J connectivity index is 1.58. The van der Waals surface area contributed by atoms with Gasteiger partial charge < -0.3 is 18.9 Å². The van der Waals surface area contributed by atoms with Gasteiger partial charge >= 0.3 is 0 Å². The molecule has 0 bridgehead atoms. The van der Waals surface area contributed by atoms with Gasteiger partial charge in [0.15, 0.2) is 0 Å². The highest BCUT2D eigenvalue weighted by molar-refractivity contribution is 7.68. The summed E-state index contributed by atoms with van der Waals surface area (Å²) in [5, 5.41) is 2.96. The first-order valence-electron chi connectivity index (χ1n) is 14.5. The molecule has 4 nitrogen and oxygen atoms in total. The molecule has 0 radical (unpaired) electrons. The second kappa shape index (κ2) is 10.9. The lowest BCUT2D eigenvalue weighted by atomic mass is 9.96. The first kappa shape index (κ1) is 29.0. The standard InChI is InChI=1S/C36H40O4P2/c1-35(2,3)41-21-39-31-27(23-9-13-25(37-7)14-10-23)17-19-29(33(31)41)30-20-18-28(24-11-15-26(38-8)16-12-24)32-34(30)42(22-40-32)36(4,5)6/h9-20H,21-22H2,1-8H3/t41-,42-/m0/s1. The maximum atomic E-state index is 6.63. The van der Waals surface area contributed by atoms with Crippen LogP contribution in [0.4, 0.5) is 0 Å². The third kappa shape index (κ3) is 5.08. The summed E-state index contributed by atoms with van der Waals surface area (Å²) in [5.41, 5.74) is 7.16. The molecular formula is C36H40O4P2. The Labute approximate surface area is 252 Å². The molecule has 2 heterocycles. The summed E-state index contributed by atoms with van der Waals surface area (Å²) >= 11 is 0. The number of benzene rings is 4. The van der Waals surface area contributed by atoms with Crippen LogP contribution in [0.2, 0.25) is 0 Å². The predicted molar refractivity (Wildman–Crippen MR) is 179 cm³/mol. The third-order valence-corrected chi connectivity index (χ3v) is 14.2. The molecule has 2 atom stereocenters. The number of hydrogen-bond donors (Lipinski definition) is 0. The van der Waals surface area contributed by atoms with Crippen molar-refractivity contribution in [2.75, 3.05) is 26.9 Å². The molecule has 4 aromatic rings. The monoisotopic (exact) mass is 598 g/mol. The molecule has 6 heteroatoms. The molecule has 0 fully saturated rings. The summed E-state index contributed by atoms with van der Waals surface area (Å²) in [5.74, 6) is 3.78. The van der Waals surface area contributed by atoms with Crippen molar-refractivity contribution in [2.45, 2.75) is 51.9 Å². The van der Waals surface area contributed by atoms with E-state index in [-0.39, 0.29) is 10.3 Å². The molecule has 0 unspecified atom stereocenters. The van der Waals surface area contributed by atoms with Crippen molar-refractivity contribution in [3.05, 3.63) is 72.8 Å². The smallest absolute Gasteiger partial charge is 0.136 e. The van der Waals surface area contributed by atoms with Gasteiger partial charge in [-0.1, -0.05) is 77.9 Å². The minimum Gasteiger partial charge on any atom is -0.497 e. The molecule has 0 N–H and O–H groups in total. The van der Waals surface area contributed by atoms with Gasteiger partial charge in [-0.25, -0.2) is 0 Å². The van der Waals surface area contributed by atoms with Crippen LogP contribution in [0.1, 0.15) is 41.5 Å². The zero-order valence-electron chi connectivity index (χ0n) is 25.9. The molecule has 2 aliphatic heterocycles. The Morgan fingerprint density at radius 1 is 0.500 bits per heavy atom. The fraction of sp³-hybridized carbons (Fsp3) is 0.333. The van der Waals surface area contributed by atoms with Crippen LogP contribution in [0, 0.1) is 0 Å². The van der Waals surface area contributed by atoms with Gasteiger partial charge in [0.1, 0.15) is 35.7 Å². The van der Waals surface area contributed by atoms with Crippen LogP contribution < -0.4 is 29.6 Å². The van der Waals surface area contributed by atoms with E-state index in [2.05, 4.69) is 90.1 Å². The number of hydrogen-bond acceptors (Lipinski definition) is 4. The molecule has 0 aromatic heterocycles. The molecule has 0 saturated heterocycles. The number of ether oxygens (including phenoxy) is 4. The van der Waals surface area contributed by atoms with Crippen molar-refractivity contribution in [1.29, 1.82) is 0 Å². The zero-order chi connectivity index (χ0) is 29.8. The molecule has 0 saturated carbocycles. The number of fused-ring (bicyclic) bond motifs is 2. The van der Waals surface area contributed by atoms with Crippen LogP contribution in [-0.4, -0.2) is 37.2 Å². The highest BCUT2D eigenvalue weighted by Gasteiger charge is 2.41.